The third kappa shape index (κ3) is 2.99. The minimum atomic E-state index is -5.08. The fourth-order valence-corrected chi connectivity index (χ4v) is 1.45. The maximum absolute atomic E-state index is 12.0. The van der Waals surface area contributed by atoms with Gasteiger partial charge in [-0.2, -0.15) is 13.2 Å². The fraction of sp³-hybridized carbons (Fsp3) is 0.273. The minimum absolute atomic E-state index is 0.00704. The highest BCUT2D eigenvalue weighted by Crippen LogP contribution is 2.19. The standard InChI is InChI=1S/C11H10F3NO3/c1-5-3-6(2)15-10(18)9(5)7(16)4-8(17)11(12,13)14/h3-4,16H,1-2H3,(H,15,18). The van der Waals surface area contributed by atoms with Crippen LogP contribution in [-0.2, 0) is 4.79 Å². The van der Waals surface area contributed by atoms with Gasteiger partial charge in [0.15, 0.2) is 0 Å². The van der Waals surface area contributed by atoms with Gasteiger partial charge in [-0.1, -0.05) is 0 Å². The number of allylic oxidation sites excluding steroid dienone is 1. The van der Waals surface area contributed by atoms with Crippen LogP contribution in [0.25, 0.3) is 5.76 Å². The first-order valence-corrected chi connectivity index (χ1v) is 4.85. The monoisotopic (exact) mass is 261 g/mol. The van der Waals surface area contributed by atoms with Gasteiger partial charge in [0.05, 0.1) is 5.56 Å². The Bertz CT molecular complexity index is 570. The third-order valence-electron chi connectivity index (χ3n) is 2.17. The Morgan fingerprint density at radius 3 is 2.39 bits per heavy atom. The third-order valence-corrected chi connectivity index (χ3v) is 2.17. The van der Waals surface area contributed by atoms with Crippen molar-refractivity contribution in [1.29, 1.82) is 0 Å². The number of alkyl halides is 3. The predicted molar refractivity (Wildman–Crippen MR) is 58.2 cm³/mol. The number of aliphatic hydroxyl groups is 1. The number of carbonyl (C=O) groups is 1. The topological polar surface area (TPSA) is 70.2 Å². The lowest BCUT2D eigenvalue weighted by Gasteiger charge is -2.06. The van der Waals surface area contributed by atoms with Gasteiger partial charge in [-0.15, -0.1) is 0 Å². The maximum atomic E-state index is 12.0. The Balaban J connectivity index is 3.29. The zero-order valence-electron chi connectivity index (χ0n) is 9.55. The van der Waals surface area contributed by atoms with Crippen molar-refractivity contribution in [3.8, 4) is 0 Å². The first kappa shape index (κ1) is 14.0. The molecular weight excluding hydrogens is 251 g/mol. The van der Waals surface area contributed by atoms with E-state index in [2.05, 4.69) is 4.98 Å². The van der Waals surface area contributed by atoms with Crippen molar-refractivity contribution in [1.82, 2.24) is 4.98 Å². The number of rotatable bonds is 2. The zero-order valence-corrected chi connectivity index (χ0v) is 9.55. The molecule has 1 aromatic heterocycles. The Hall–Kier alpha value is -2.05. The van der Waals surface area contributed by atoms with E-state index in [1.54, 1.807) is 6.92 Å². The lowest BCUT2D eigenvalue weighted by molar-refractivity contribution is -0.165. The van der Waals surface area contributed by atoms with E-state index in [4.69, 9.17) is 0 Å². The highest BCUT2D eigenvalue weighted by atomic mass is 19.4. The molecule has 98 valence electrons. The van der Waals surface area contributed by atoms with Crippen molar-refractivity contribution in [2.75, 3.05) is 0 Å². The number of aromatic nitrogens is 1. The van der Waals surface area contributed by atoms with Gasteiger partial charge in [0.25, 0.3) is 11.3 Å². The SMILES string of the molecule is Cc1cc(C)c(C(O)=CC(=O)C(F)(F)F)c(=O)[nH]1. The lowest BCUT2D eigenvalue weighted by atomic mass is 10.1. The molecule has 0 unspecified atom stereocenters. The van der Waals surface area contributed by atoms with Gasteiger partial charge in [-0.3, -0.25) is 9.59 Å². The number of aryl methyl sites for hydroxylation is 2. The quantitative estimate of drug-likeness (QED) is 0.632. The molecule has 4 nitrogen and oxygen atoms in total. The summed E-state index contributed by atoms with van der Waals surface area (Å²) in [5.74, 6) is -3.23. The molecule has 0 bridgehead atoms. The van der Waals surface area contributed by atoms with E-state index < -0.39 is 23.3 Å². The average molecular weight is 261 g/mol. The number of carbonyl (C=O) groups excluding carboxylic acids is 1. The Morgan fingerprint density at radius 2 is 1.94 bits per heavy atom. The van der Waals surface area contributed by atoms with Crippen LogP contribution >= 0.6 is 0 Å². The van der Waals surface area contributed by atoms with Gasteiger partial charge in [0.2, 0.25) is 0 Å². The summed E-state index contributed by atoms with van der Waals surface area (Å²) in [6.07, 6.45) is -5.09. The molecule has 1 aromatic rings. The summed E-state index contributed by atoms with van der Waals surface area (Å²) >= 11 is 0. The van der Waals surface area contributed by atoms with Crippen LogP contribution < -0.4 is 5.56 Å². The van der Waals surface area contributed by atoms with Crippen molar-refractivity contribution >= 4 is 11.5 Å². The summed E-state index contributed by atoms with van der Waals surface area (Å²) in [6, 6.07) is 1.47. The largest absolute Gasteiger partial charge is 0.507 e. The van der Waals surface area contributed by atoms with Crippen molar-refractivity contribution in [2.45, 2.75) is 20.0 Å². The van der Waals surface area contributed by atoms with Gasteiger partial charge in [0, 0.05) is 11.8 Å². The molecule has 7 heteroatoms. The second kappa shape index (κ2) is 4.67. The molecule has 0 aliphatic carbocycles. The summed E-state index contributed by atoms with van der Waals surface area (Å²) in [4.78, 5) is 24.5. The van der Waals surface area contributed by atoms with Crippen LogP contribution in [0.1, 0.15) is 16.8 Å². The first-order valence-electron chi connectivity index (χ1n) is 4.85. The fourth-order valence-electron chi connectivity index (χ4n) is 1.45. The molecule has 2 N–H and O–H groups in total. The van der Waals surface area contributed by atoms with E-state index >= 15 is 0 Å². The molecule has 0 saturated heterocycles. The predicted octanol–water partition coefficient (Wildman–Crippen LogP) is 2.02. The van der Waals surface area contributed by atoms with E-state index in [1.165, 1.54) is 13.0 Å². The van der Waals surface area contributed by atoms with E-state index in [-0.39, 0.29) is 17.2 Å². The smallest absolute Gasteiger partial charge is 0.454 e. The maximum Gasteiger partial charge on any atom is 0.454 e. The van der Waals surface area contributed by atoms with Crippen molar-refractivity contribution in [3.63, 3.8) is 0 Å². The number of aromatic amines is 1. The number of aliphatic hydroxyl groups excluding tert-OH is 1. The summed E-state index contributed by atoms with van der Waals surface area (Å²) in [6.45, 7) is 3.03. The van der Waals surface area contributed by atoms with Gasteiger partial charge >= 0.3 is 6.18 Å². The Morgan fingerprint density at radius 1 is 1.39 bits per heavy atom. The molecule has 1 heterocycles. The van der Waals surface area contributed by atoms with Crippen LogP contribution in [0.3, 0.4) is 0 Å². The number of nitrogens with one attached hydrogen (secondary N) is 1. The highest BCUT2D eigenvalue weighted by Gasteiger charge is 2.37. The summed E-state index contributed by atoms with van der Waals surface area (Å²) in [7, 11) is 0. The van der Waals surface area contributed by atoms with E-state index in [0.717, 1.165) is 0 Å². The number of halogens is 3. The Labute approximate surface area is 99.8 Å². The van der Waals surface area contributed by atoms with Crippen LogP contribution in [0.4, 0.5) is 13.2 Å². The number of H-pyrrole nitrogens is 1. The molecule has 1 rings (SSSR count). The summed E-state index contributed by atoms with van der Waals surface area (Å²) < 4.78 is 36.0. The van der Waals surface area contributed by atoms with Crippen molar-refractivity contribution in [2.24, 2.45) is 0 Å². The van der Waals surface area contributed by atoms with Crippen LogP contribution in [-0.4, -0.2) is 22.1 Å². The zero-order chi connectivity index (χ0) is 14.1. The summed E-state index contributed by atoms with van der Waals surface area (Å²) in [5, 5.41) is 9.43. The van der Waals surface area contributed by atoms with E-state index in [0.29, 0.717) is 5.69 Å². The molecule has 0 amide bonds. The molecule has 0 radical (unpaired) electrons. The van der Waals surface area contributed by atoms with Gasteiger partial charge < -0.3 is 10.1 Å². The van der Waals surface area contributed by atoms with E-state index in [1.807, 2.05) is 0 Å². The van der Waals surface area contributed by atoms with Crippen LogP contribution in [0.2, 0.25) is 0 Å². The minimum Gasteiger partial charge on any atom is -0.507 e. The highest BCUT2D eigenvalue weighted by molar-refractivity contribution is 5.99. The van der Waals surface area contributed by atoms with Crippen LogP contribution in [0.5, 0.6) is 0 Å². The summed E-state index contributed by atoms with van der Waals surface area (Å²) in [5.41, 5.74) is -0.328. The molecule has 0 spiro atoms. The van der Waals surface area contributed by atoms with Gasteiger partial charge in [-0.05, 0) is 25.5 Å². The molecule has 0 aromatic carbocycles. The van der Waals surface area contributed by atoms with Crippen LogP contribution in [0.15, 0.2) is 16.9 Å². The normalized spacial score (nSPS) is 12.6. The number of ketones is 1. The second-order valence-electron chi connectivity index (χ2n) is 3.73. The molecular formula is C11H10F3NO3. The average Bonchev–Trinajstić information content (AvgIpc) is 2.13. The molecule has 0 fully saturated rings. The first-order chi connectivity index (χ1) is 8.12. The molecule has 0 atom stereocenters. The lowest BCUT2D eigenvalue weighted by Crippen LogP contribution is -2.22. The molecule has 0 saturated carbocycles. The second-order valence-corrected chi connectivity index (χ2v) is 3.73. The van der Waals surface area contributed by atoms with E-state index in [9.17, 15) is 27.9 Å². The number of pyridine rings is 1. The van der Waals surface area contributed by atoms with Crippen molar-refractivity contribution in [3.05, 3.63) is 39.3 Å². The molecule has 0 aliphatic heterocycles. The molecule has 18 heavy (non-hydrogen) atoms. The van der Waals surface area contributed by atoms with Crippen LogP contribution in [0, 0.1) is 13.8 Å². The van der Waals surface area contributed by atoms with Crippen molar-refractivity contribution < 1.29 is 23.1 Å². The molecule has 0 aliphatic rings. The Kier molecular flexibility index (Phi) is 3.64. The van der Waals surface area contributed by atoms with Gasteiger partial charge in [-0.25, -0.2) is 0 Å². The van der Waals surface area contributed by atoms with Gasteiger partial charge in [0.1, 0.15) is 5.76 Å². The number of hydrogen-bond donors (Lipinski definition) is 2. The number of hydrogen-bond acceptors (Lipinski definition) is 3.